The summed E-state index contributed by atoms with van der Waals surface area (Å²) in [5.41, 5.74) is 1.12. The first-order valence-electron chi connectivity index (χ1n) is 7.25. The van der Waals surface area contributed by atoms with Gasteiger partial charge in [0.25, 0.3) is 0 Å². The van der Waals surface area contributed by atoms with E-state index in [9.17, 15) is 4.79 Å². The first-order valence-corrected chi connectivity index (χ1v) is 8.02. The summed E-state index contributed by atoms with van der Waals surface area (Å²) in [6, 6.07) is 0.572. The maximum Gasteiger partial charge on any atom is 0.237 e. The van der Waals surface area contributed by atoms with Gasteiger partial charge in [-0.25, -0.2) is 0 Å². The highest BCUT2D eigenvalue weighted by Crippen LogP contribution is 2.44. The standard InChI is InChI=1S/C13H18N4O2S/c18-12(8-16-3-5-19-6-4-16)17-9-1-2-11(17)13-10(7-9)14-15-20-13/h9,11H,1-8H2. The molecule has 0 radical (unpaired) electrons. The lowest BCUT2D eigenvalue weighted by molar-refractivity contribution is -0.136. The van der Waals surface area contributed by atoms with Crippen molar-refractivity contribution < 1.29 is 9.53 Å². The molecular weight excluding hydrogens is 276 g/mol. The van der Waals surface area contributed by atoms with E-state index in [4.69, 9.17) is 4.74 Å². The fourth-order valence-corrected chi connectivity index (χ4v) is 4.39. The summed E-state index contributed by atoms with van der Waals surface area (Å²) in [4.78, 5) is 18.2. The van der Waals surface area contributed by atoms with E-state index in [0.717, 1.165) is 51.3 Å². The van der Waals surface area contributed by atoms with Gasteiger partial charge in [-0.3, -0.25) is 9.69 Å². The maximum atomic E-state index is 12.7. The molecule has 20 heavy (non-hydrogen) atoms. The minimum absolute atomic E-state index is 0.234. The van der Waals surface area contributed by atoms with E-state index in [2.05, 4.69) is 19.4 Å². The topological polar surface area (TPSA) is 58.6 Å². The lowest BCUT2D eigenvalue weighted by Crippen LogP contribution is -2.48. The number of ether oxygens (including phenoxy) is 1. The van der Waals surface area contributed by atoms with Crippen LogP contribution in [0.3, 0.4) is 0 Å². The quantitative estimate of drug-likeness (QED) is 0.793. The minimum Gasteiger partial charge on any atom is -0.379 e. The molecule has 2 atom stereocenters. The average molecular weight is 294 g/mol. The van der Waals surface area contributed by atoms with Crippen LogP contribution in [0.15, 0.2) is 0 Å². The summed E-state index contributed by atoms with van der Waals surface area (Å²) in [5.74, 6) is 0.262. The Hall–Kier alpha value is -1.05. The van der Waals surface area contributed by atoms with E-state index in [1.54, 1.807) is 0 Å². The van der Waals surface area contributed by atoms with E-state index in [1.807, 2.05) is 0 Å². The number of hydrogen-bond acceptors (Lipinski definition) is 6. The monoisotopic (exact) mass is 294 g/mol. The normalized spacial score (nSPS) is 29.5. The molecule has 3 aliphatic rings. The molecule has 1 aromatic rings. The van der Waals surface area contributed by atoms with Crippen LogP contribution in [0, 0.1) is 0 Å². The molecular formula is C13H18N4O2S. The number of aromatic nitrogens is 2. The van der Waals surface area contributed by atoms with E-state index >= 15 is 0 Å². The summed E-state index contributed by atoms with van der Waals surface area (Å²) >= 11 is 1.46. The maximum absolute atomic E-state index is 12.7. The van der Waals surface area contributed by atoms with Crippen molar-refractivity contribution in [3.05, 3.63) is 10.6 Å². The Balaban J connectivity index is 1.50. The van der Waals surface area contributed by atoms with Gasteiger partial charge in [0, 0.05) is 25.6 Å². The lowest BCUT2D eigenvalue weighted by Gasteiger charge is -2.36. The summed E-state index contributed by atoms with van der Waals surface area (Å²) < 4.78 is 9.39. The Morgan fingerprint density at radius 3 is 3.05 bits per heavy atom. The Kier molecular flexibility index (Phi) is 3.20. The molecule has 2 unspecified atom stereocenters. The van der Waals surface area contributed by atoms with Crippen LogP contribution >= 0.6 is 11.5 Å². The SMILES string of the molecule is O=C(CN1CCOCC1)N1C2CCC1c1snnc1C2. The highest BCUT2D eigenvalue weighted by atomic mass is 32.1. The Labute approximate surface area is 121 Å². The molecule has 108 valence electrons. The molecule has 0 N–H and O–H groups in total. The van der Waals surface area contributed by atoms with Crippen molar-refractivity contribution >= 4 is 17.4 Å². The number of rotatable bonds is 2. The van der Waals surface area contributed by atoms with Crippen LogP contribution in [0.25, 0.3) is 0 Å². The zero-order chi connectivity index (χ0) is 13.5. The minimum atomic E-state index is 0.234. The van der Waals surface area contributed by atoms with Crippen LogP contribution < -0.4 is 0 Å². The van der Waals surface area contributed by atoms with Crippen molar-refractivity contribution in [1.82, 2.24) is 19.4 Å². The second-order valence-corrected chi connectivity index (χ2v) is 6.51. The number of amides is 1. The average Bonchev–Trinajstić information content (AvgIpc) is 3.05. The molecule has 4 heterocycles. The highest BCUT2D eigenvalue weighted by Gasteiger charge is 2.44. The molecule has 4 rings (SSSR count). The third-order valence-corrected chi connectivity index (χ3v) is 5.44. The van der Waals surface area contributed by atoms with Crippen molar-refractivity contribution in [3.63, 3.8) is 0 Å². The zero-order valence-electron chi connectivity index (χ0n) is 11.3. The van der Waals surface area contributed by atoms with Crippen molar-refractivity contribution in [2.45, 2.75) is 31.3 Å². The second kappa shape index (κ2) is 5.05. The molecule has 0 aliphatic carbocycles. The van der Waals surface area contributed by atoms with Gasteiger partial charge in [-0.05, 0) is 24.4 Å². The van der Waals surface area contributed by atoms with Gasteiger partial charge in [-0.1, -0.05) is 4.49 Å². The third kappa shape index (κ3) is 2.04. The van der Waals surface area contributed by atoms with Crippen molar-refractivity contribution in [1.29, 1.82) is 0 Å². The molecule has 1 amide bonds. The van der Waals surface area contributed by atoms with Crippen LogP contribution in [-0.2, 0) is 16.0 Å². The Bertz CT molecular complexity index is 514. The summed E-state index contributed by atoms with van der Waals surface area (Å²) in [5, 5.41) is 4.21. The summed E-state index contributed by atoms with van der Waals surface area (Å²) in [6.07, 6.45) is 3.05. The van der Waals surface area contributed by atoms with Gasteiger partial charge < -0.3 is 9.64 Å². The predicted molar refractivity (Wildman–Crippen MR) is 73.5 cm³/mol. The molecule has 2 saturated heterocycles. The molecule has 3 aliphatic heterocycles. The fourth-order valence-electron chi connectivity index (χ4n) is 3.58. The number of fused-ring (bicyclic) bond motifs is 4. The van der Waals surface area contributed by atoms with E-state index in [1.165, 1.54) is 16.4 Å². The summed E-state index contributed by atoms with van der Waals surface area (Å²) in [7, 11) is 0. The number of hydrogen-bond donors (Lipinski definition) is 0. The Morgan fingerprint density at radius 2 is 2.20 bits per heavy atom. The number of carbonyl (C=O) groups is 1. The van der Waals surface area contributed by atoms with E-state index in [0.29, 0.717) is 12.6 Å². The number of nitrogens with zero attached hydrogens (tertiary/aromatic N) is 4. The first kappa shape index (κ1) is 12.7. The number of carbonyl (C=O) groups excluding carboxylic acids is 1. The van der Waals surface area contributed by atoms with Crippen LogP contribution in [0.1, 0.15) is 29.5 Å². The Morgan fingerprint density at radius 1 is 1.35 bits per heavy atom. The molecule has 0 saturated carbocycles. The third-order valence-electron chi connectivity index (χ3n) is 4.57. The van der Waals surface area contributed by atoms with Crippen LogP contribution in [-0.4, -0.2) is 64.2 Å². The van der Waals surface area contributed by atoms with E-state index < -0.39 is 0 Å². The van der Waals surface area contributed by atoms with Crippen LogP contribution in [0.4, 0.5) is 0 Å². The summed E-state index contributed by atoms with van der Waals surface area (Å²) in [6.45, 7) is 3.73. The van der Waals surface area contributed by atoms with Gasteiger partial charge in [0.2, 0.25) is 5.91 Å². The smallest absolute Gasteiger partial charge is 0.237 e. The van der Waals surface area contributed by atoms with Gasteiger partial charge in [-0.15, -0.1) is 5.10 Å². The van der Waals surface area contributed by atoms with Crippen molar-refractivity contribution in [2.24, 2.45) is 0 Å². The highest BCUT2D eigenvalue weighted by molar-refractivity contribution is 7.05. The lowest BCUT2D eigenvalue weighted by atomic mass is 10.1. The second-order valence-electron chi connectivity index (χ2n) is 5.72. The molecule has 7 heteroatoms. The fraction of sp³-hybridized carbons (Fsp3) is 0.769. The predicted octanol–water partition coefficient (Wildman–Crippen LogP) is 0.458. The largest absolute Gasteiger partial charge is 0.379 e. The first-order chi connectivity index (χ1) is 9.83. The molecule has 2 fully saturated rings. The zero-order valence-corrected chi connectivity index (χ0v) is 12.1. The molecule has 0 spiro atoms. The molecule has 1 aromatic heterocycles. The van der Waals surface area contributed by atoms with Gasteiger partial charge in [0.1, 0.15) is 0 Å². The van der Waals surface area contributed by atoms with Gasteiger partial charge in [0.05, 0.1) is 36.4 Å². The van der Waals surface area contributed by atoms with Crippen molar-refractivity contribution in [3.8, 4) is 0 Å². The van der Waals surface area contributed by atoms with Gasteiger partial charge >= 0.3 is 0 Å². The molecule has 0 aromatic carbocycles. The van der Waals surface area contributed by atoms with E-state index in [-0.39, 0.29) is 11.9 Å². The van der Waals surface area contributed by atoms with Crippen LogP contribution in [0.2, 0.25) is 0 Å². The molecule has 6 nitrogen and oxygen atoms in total. The van der Waals surface area contributed by atoms with Crippen LogP contribution in [0.5, 0.6) is 0 Å². The van der Waals surface area contributed by atoms with Gasteiger partial charge in [0.15, 0.2) is 0 Å². The van der Waals surface area contributed by atoms with Gasteiger partial charge in [-0.2, -0.15) is 0 Å². The number of morpholine rings is 1. The van der Waals surface area contributed by atoms with Crippen molar-refractivity contribution in [2.75, 3.05) is 32.8 Å². The molecule has 2 bridgehead atoms.